The van der Waals surface area contributed by atoms with E-state index in [0.717, 1.165) is 0 Å². The minimum Gasteiger partial charge on any atom is -0.383 e. The molecule has 1 atom stereocenters. The molecule has 0 spiro atoms. The van der Waals surface area contributed by atoms with Gasteiger partial charge in [0.15, 0.2) is 11.5 Å². The number of rotatable bonds is 5. The summed E-state index contributed by atoms with van der Waals surface area (Å²) in [6.07, 6.45) is -0.441. The molecule has 5 rings (SSSR count). The molecule has 3 aromatic heterocycles. The van der Waals surface area contributed by atoms with Gasteiger partial charge in [-0.1, -0.05) is 23.7 Å². The molecule has 180 valence electrons. The number of anilines is 2. The molecule has 0 saturated heterocycles. The Kier molecular flexibility index (Phi) is 5.39. The molecule has 3 N–H and O–H groups in total. The summed E-state index contributed by atoms with van der Waals surface area (Å²) in [5.74, 6) is 0.154. The third-order valence-electron chi connectivity index (χ3n) is 6.09. The number of alkyl halides is 3. The van der Waals surface area contributed by atoms with E-state index in [1.165, 1.54) is 6.20 Å². The van der Waals surface area contributed by atoms with E-state index in [4.69, 9.17) is 17.3 Å². The lowest BCUT2D eigenvalue weighted by Gasteiger charge is -2.23. The number of aryl methyl sites for hydroxylation is 1. The van der Waals surface area contributed by atoms with Crippen LogP contribution in [0.1, 0.15) is 36.6 Å². The zero-order chi connectivity index (χ0) is 25.0. The molecule has 4 heterocycles. The molecule has 0 radical (unpaired) electrons. The highest BCUT2D eigenvalue weighted by molar-refractivity contribution is 6.30. The van der Waals surface area contributed by atoms with Crippen molar-refractivity contribution in [2.75, 3.05) is 11.1 Å². The van der Waals surface area contributed by atoms with Gasteiger partial charge in [0.2, 0.25) is 5.91 Å². The van der Waals surface area contributed by atoms with Crippen LogP contribution in [0.4, 0.5) is 24.8 Å². The molecule has 1 aliphatic heterocycles. The number of hydrogen-bond donors (Lipinski definition) is 2. The molecule has 0 bridgehead atoms. The average molecular weight is 502 g/mol. The highest BCUT2D eigenvalue weighted by Gasteiger charge is 2.47. The Morgan fingerprint density at radius 3 is 2.63 bits per heavy atom. The number of benzene rings is 1. The molecular weight excluding hydrogens is 483 g/mol. The van der Waals surface area contributed by atoms with Crippen LogP contribution in [0.5, 0.6) is 0 Å². The van der Waals surface area contributed by atoms with Crippen molar-refractivity contribution in [2.24, 2.45) is 0 Å². The summed E-state index contributed by atoms with van der Waals surface area (Å²) in [5, 5.41) is 3.30. The van der Waals surface area contributed by atoms with Crippen LogP contribution in [0, 0.1) is 0 Å². The van der Waals surface area contributed by atoms with Crippen LogP contribution in [-0.2, 0) is 16.6 Å². The van der Waals surface area contributed by atoms with Gasteiger partial charge in [-0.15, -0.1) is 0 Å². The number of carbonyl (C=O) groups excluding carboxylic acids is 1. The van der Waals surface area contributed by atoms with Gasteiger partial charge < -0.3 is 15.5 Å². The first-order chi connectivity index (χ1) is 16.6. The fraction of sp³-hybridized carbons (Fsp3) is 0.261. The number of nitrogen functional groups attached to an aromatic ring is 1. The summed E-state index contributed by atoms with van der Waals surface area (Å²) < 4.78 is 39.6. The van der Waals surface area contributed by atoms with Crippen LogP contribution in [0.25, 0.3) is 17.2 Å². The molecule has 1 aromatic carbocycles. The minimum absolute atomic E-state index is 0.0691. The number of halogens is 4. The minimum atomic E-state index is -4.25. The predicted molar refractivity (Wildman–Crippen MR) is 124 cm³/mol. The maximum atomic E-state index is 13.0. The fourth-order valence-electron chi connectivity index (χ4n) is 4.31. The molecule has 4 aromatic rings. The molecule has 1 aliphatic rings. The zero-order valence-corrected chi connectivity index (χ0v) is 19.2. The Morgan fingerprint density at radius 2 is 1.91 bits per heavy atom. The normalized spacial score (nSPS) is 17.6. The monoisotopic (exact) mass is 501 g/mol. The third kappa shape index (κ3) is 4.05. The van der Waals surface area contributed by atoms with Gasteiger partial charge in [0, 0.05) is 30.0 Å². The van der Waals surface area contributed by atoms with Crippen molar-refractivity contribution in [1.29, 1.82) is 0 Å². The Balaban J connectivity index is 1.56. The number of carbonyl (C=O) groups is 1. The van der Waals surface area contributed by atoms with Crippen LogP contribution >= 0.6 is 11.6 Å². The molecule has 0 aliphatic carbocycles. The van der Waals surface area contributed by atoms with Crippen LogP contribution in [0.3, 0.4) is 0 Å². The summed E-state index contributed by atoms with van der Waals surface area (Å²) in [6.45, 7) is 1.73. The van der Waals surface area contributed by atoms with Crippen LogP contribution in [0.15, 0.2) is 42.9 Å². The van der Waals surface area contributed by atoms with Crippen molar-refractivity contribution in [3.05, 3.63) is 64.7 Å². The van der Waals surface area contributed by atoms with Crippen molar-refractivity contribution in [2.45, 2.75) is 37.8 Å². The van der Waals surface area contributed by atoms with Gasteiger partial charge in [-0.25, -0.2) is 19.9 Å². The van der Waals surface area contributed by atoms with Crippen molar-refractivity contribution >= 4 is 34.8 Å². The van der Waals surface area contributed by atoms with E-state index >= 15 is 0 Å². The molecule has 1 amide bonds. The molecule has 8 nitrogen and oxygen atoms in total. The number of fused-ring (bicyclic) bond motifs is 2. The van der Waals surface area contributed by atoms with Gasteiger partial charge in [-0.2, -0.15) is 13.2 Å². The van der Waals surface area contributed by atoms with Crippen LogP contribution < -0.4 is 11.1 Å². The van der Waals surface area contributed by atoms with E-state index in [2.05, 4.69) is 25.3 Å². The van der Waals surface area contributed by atoms with Crippen LogP contribution in [0.2, 0.25) is 5.02 Å². The number of nitrogens with one attached hydrogen (secondary N) is 1. The summed E-state index contributed by atoms with van der Waals surface area (Å²) in [6, 6.07) is 6.85. The van der Waals surface area contributed by atoms with Crippen molar-refractivity contribution in [3.63, 3.8) is 0 Å². The highest BCUT2D eigenvalue weighted by atomic mass is 35.5. The molecule has 35 heavy (non-hydrogen) atoms. The Hall–Kier alpha value is -3.73. The first-order valence-electron chi connectivity index (χ1n) is 10.7. The van der Waals surface area contributed by atoms with Gasteiger partial charge in [0.05, 0.1) is 11.3 Å². The largest absolute Gasteiger partial charge is 0.389 e. The Bertz CT molecular complexity index is 1450. The van der Waals surface area contributed by atoms with E-state index in [1.807, 2.05) is 0 Å². The fourth-order valence-corrected chi connectivity index (χ4v) is 4.44. The van der Waals surface area contributed by atoms with Gasteiger partial charge >= 0.3 is 6.18 Å². The lowest BCUT2D eigenvalue weighted by molar-refractivity contribution is -0.135. The van der Waals surface area contributed by atoms with Gasteiger partial charge in [-0.05, 0) is 37.5 Å². The smallest absolute Gasteiger partial charge is 0.383 e. The number of aromatic nitrogens is 5. The molecule has 0 saturated carbocycles. The second-order valence-corrected chi connectivity index (χ2v) is 8.88. The van der Waals surface area contributed by atoms with E-state index < -0.39 is 18.0 Å². The van der Waals surface area contributed by atoms with Gasteiger partial charge in [0.1, 0.15) is 22.7 Å². The summed E-state index contributed by atoms with van der Waals surface area (Å²) in [7, 11) is 0. The number of hydrogen-bond acceptors (Lipinski definition) is 6. The third-order valence-corrected chi connectivity index (χ3v) is 6.34. The second-order valence-electron chi connectivity index (χ2n) is 8.44. The van der Waals surface area contributed by atoms with Crippen molar-refractivity contribution in [3.8, 4) is 11.5 Å². The Labute approximate surface area is 202 Å². The quantitative estimate of drug-likeness (QED) is 0.414. The van der Waals surface area contributed by atoms with Crippen molar-refractivity contribution < 1.29 is 18.0 Å². The van der Waals surface area contributed by atoms with Crippen molar-refractivity contribution in [1.82, 2.24) is 24.3 Å². The van der Waals surface area contributed by atoms with Crippen LogP contribution in [-0.4, -0.2) is 36.4 Å². The maximum absolute atomic E-state index is 13.0. The van der Waals surface area contributed by atoms with E-state index in [0.29, 0.717) is 33.2 Å². The number of nitrogens with two attached hydrogens (primary N) is 1. The van der Waals surface area contributed by atoms with E-state index in [-0.39, 0.29) is 36.2 Å². The van der Waals surface area contributed by atoms with Gasteiger partial charge in [-0.3, -0.25) is 4.79 Å². The predicted octanol–water partition coefficient (Wildman–Crippen LogP) is 4.57. The number of nitrogens with zero attached hydrogens (tertiary/aromatic N) is 5. The lowest BCUT2D eigenvalue weighted by atomic mass is 9.78. The molecule has 12 heteroatoms. The SMILES string of the molecule is CC1(c2ccc(Cl)cc2)C(=O)Nc2nc(-c3cn4ccnc4c(CCCC(F)(F)F)n3)nc(N)c21. The summed E-state index contributed by atoms with van der Waals surface area (Å²) in [5.41, 5.74) is 7.44. The highest BCUT2D eigenvalue weighted by Crippen LogP contribution is 2.45. The summed E-state index contributed by atoms with van der Waals surface area (Å²) in [4.78, 5) is 30.7. The zero-order valence-electron chi connectivity index (χ0n) is 18.4. The molecule has 0 fully saturated rings. The lowest BCUT2D eigenvalue weighted by Crippen LogP contribution is -2.32. The summed E-state index contributed by atoms with van der Waals surface area (Å²) >= 11 is 6.00. The standard InChI is InChI=1S/C23H19ClF3N7O/c1-22(12-4-6-13(24)7-5-12)16-17(28)31-18(32-19(16)33-21(22)35)15-11-34-10-9-29-20(34)14(30-15)3-2-8-23(25,26)27/h4-7,9-11H,2-3,8H2,1H3,(H3,28,31,32,33,35). The topological polar surface area (TPSA) is 111 Å². The van der Waals surface area contributed by atoms with E-state index in [1.54, 1.807) is 48.0 Å². The number of amides is 1. The average Bonchev–Trinajstić information content (AvgIpc) is 3.36. The first kappa shape index (κ1) is 23.0. The van der Waals surface area contributed by atoms with Gasteiger partial charge in [0.25, 0.3) is 0 Å². The van der Waals surface area contributed by atoms with E-state index in [9.17, 15) is 18.0 Å². The number of imidazole rings is 1. The molecular formula is C23H19ClF3N7O. The Morgan fingerprint density at radius 1 is 1.17 bits per heavy atom. The second kappa shape index (κ2) is 8.19. The first-order valence-corrected chi connectivity index (χ1v) is 11.1. The maximum Gasteiger partial charge on any atom is 0.389 e. The molecule has 1 unspecified atom stereocenters.